The number of hydrogen-bond acceptors (Lipinski definition) is 5. The molecule has 0 heterocycles. The number of carbonyl (C=O) groups excluding carboxylic acids is 2. The number of aliphatic hydroxyl groups is 2. The number of amides is 1. The zero-order chi connectivity index (χ0) is 62.8. The van der Waals surface area contributed by atoms with Crippen LogP contribution in [0.15, 0.2) is 36.5 Å². The number of esters is 1. The molecule has 0 rings (SSSR count). The fraction of sp³-hybridized carbons (Fsp3) is 0.901. The number of aliphatic hydroxyl groups excluding tert-OH is 2. The molecule has 514 valence electrons. The molecule has 87 heavy (non-hydrogen) atoms. The minimum atomic E-state index is -0.841. The van der Waals surface area contributed by atoms with Crippen LogP contribution in [0.25, 0.3) is 0 Å². The second-order valence-electron chi connectivity index (χ2n) is 27.4. The van der Waals surface area contributed by atoms with E-state index in [1.807, 2.05) is 6.08 Å². The molecule has 0 aromatic heterocycles. The van der Waals surface area contributed by atoms with Crippen LogP contribution < -0.4 is 5.32 Å². The lowest BCUT2D eigenvalue weighted by Crippen LogP contribution is -2.45. The molecule has 2 atom stereocenters. The number of rotatable bonds is 75. The molecule has 0 aromatic carbocycles. The molecule has 0 aromatic rings. The van der Waals surface area contributed by atoms with E-state index in [4.69, 9.17) is 4.74 Å². The topological polar surface area (TPSA) is 95.9 Å². The summed E-state index contributed by atoms with van der Waals surface area (Å²) in [6.45, 7) is 4.93. The van der Waals surface area contributed by atoms with Crippen LogP contribution in [-0.2, 0) is 14.3 Å². The van der Waals surface area contributed by atoms with Gasteiger partial charge in [0.2, 0.25) is 5.91 Å². The van der Waals surface area contributed by atoms with Crippen molar-refractivity contribution in [2.45, 2.75) is 456 Å². The fourth-order valence-electron chi connectivity index (χ4n) is 12.6. The Bertz CT molecular complexity index is 1410. The van der Waals surface area contributed by atoms with Crippen molar-refractivity contribution in [1.82, 2.24) is 5.32 Å². The molecule has 6 nitrogen and oxygen atoms in total. The Morgan fingerprint density at radius 2 is 0.540 bits per heavy atom. The van der Waals surface area contributed by atoms with Crippen LogP contribution >= 0.6 is 0 Å². The molecule has 0 bridgehead atoms. The maximum absolute atomic E-state index is 12.5. The van der Waals surface area contributed by atoms with Gasteiger partial charge in [-0.05, 0) is 83.5 Å². The highest BCUT2D eigenvalue weighted by molar-refractivity contribution is 5.76. The fourth-order valence-corrected chi connectivity index (χ4v) is 12.6. The third-order valence-electron chi connectivity index (χ3n) is 18.6. The van der Waals surface area contributed by atoms with Gasteiger partial charge in [-0.1, -0.05) is 384 Å². The van der Waals surface area contributed by atoms with Gasteiger partial charge in [0, 0.05) is 12.8 Å². The van der Waals surface area contributed by atoms with Crippen molar-refractivity contribution in [3.8, 4) is 0 Å². The molecule has 0 fully saturated rings. The first-order chi connectivity index (χ1) is 43.0. The van der Waals surface area contributed by atoms with Crippen LogP contribution in [0, 0.1) is 0 Å². The van der Waals surface area contributed by atoms with Gasteiger partial charge in [-0.15, -0.1) is 0 Å². The van der Waals surface area contributed by atoms with Gasteiger partial charge in [-0.3, -0.25) is 9.59 Å². The first-order valence-corrected chi connectivity index (χ1v) is 39.8. The van der Waals surface area contributed by atoms with Crippen LogP contribution in [0.4, 0.5) is 0 Å². The van der Waals surface area contributed by atoms with Gasteiger partial charge in [0.05, 0.1) is 25.4 Å². The van der Waals surface area contributed by atoms with Crippen molar-refractivity contribution in [2.24, 2.45) is 0 Å². The van der Waals surface area contributed by atoms with Crippen molar-refractivity contribution in [3.63, 3.8) is 0 Å². The van der Waals surface area contributed by atoms with Crippen molar-refractivity contribution in [3.05, 3.63) is 36.5 Å². The SMILES string of the molecule is CCCCCCCCC/C=C\CCCCCCCCCC(=O)OCCCCCCCCCCCCCCCCCCCC/C=C\CCCCCCCCCCCCCCCCCCCC(=O)NC(CO)C(O)/C=C/CCCCCCCCCCCCC. The van der Waals surface area contributed by atoms with Crippen LogP contribution in [0.2, 0.25) is 0 Å². The second kappa shape index (κ2) is 76.5. The lowest BCUT2D eigenvalue weighted by molar-refractivity contribution is -0.143. The third-order valence-corrected chi connectivity index (χ3v) is 18.6. The maximum atomic E-state index is 12.5. The predicted octanol–water partition coefficient (Wildman–Crippen LogP) is 26.2. The molecule has 0 aliphatic carbocycles. The average Bonchev–Trinajstić information content (AvgIpc) is 3.54. The zero-order valence-corrected chi connectivity index (χ0v) is 59.0. The van der Waals surface area contributed by atoms with E-state index in [0.29, 0.717) is 19.4 Å². The normalized spacial score (nSPS) is 12.6. The van der Waals surface area contributed by atoms with E-state index >= 15 is 0 Å². The Morgan fingerprint density at radius 3 is 0.816 bits per heavy atom. The van der Waals surface area contributed by atoms with Crippen LogP contribution in [0.3, 0.4) is 0 Å². The summed E-state index contributed by atoms with van der Waals surface area (Å²) in [4.78, 5) is 24.6. The molecule has 0 saturated heterocycles. The summed E-state index contributed by atoms with van der Waals surface area (Å²) in [6, 6.07) is -0.624. The summed E-state index contributed by atoms with van der Waals surface area (Å²) in [5.74, 6) is -0.0418. The van der Waals surface area contributed by atoms with Gasteiger partial charge in [-0.25, -0.2) is 0 Å². The van der Waals surface area contributed by atoms with Gasteiger partial charge in [0.15, 0.2) is 0 Å². The lowest BCUT2D eigenvalue weighted by atomic mass is 10.0. The molecule has 3 N–H and O–H groups in total. The van der Waals surface area contributed by atoms with E-state index in [1.165, 1.54) is 379 Å². The van der Waals surface area contributed by atoms with E-state index in [0.717, 1.165) is 38.5 Å². The largest absolute Gasteiger partial charge is 0.466 e. The molecule has 1 amide bonds. The molecular formula is C81H155NO5. The number of carbonyl (C=O) groups is 2. The monoisotopic (exact) mass is 1220 g/mol. The molecular weight excluding hydrogens is 1070 g/mol. The summed E-state index contributed by atoms with van der Waals surface area (Å²) < 4.78 is 5.51. The van der Waals surface area contributed by atoms with Crippen LogP contribution in [0.5, 0.6) is 0 Å². The van der Waals surface area contributed by atoms with E-state index in [2.05, 4.69) is 43.5 Å². The van der Waals surface area contributed by atoms with Gasteiger partial charge in [0.1, 0.15) is 0 Å². The molecule has 0 saturated carbocycles. The third kappa shape index (κ3) is 73.0. The smallest absolute Gasteiger partial charge is 0.305 e. The predicted molar refractivity (Wildman–Crippen MR) is 384 cm³/mol. The number of ether oxygens (including phenoxy) is 1. The lowest BCUT2D eigenvalue weighted by Gasteiger charge is -2.20. The first kappa shape index (κ1) is 85.1. The molecule has 2 unspecified atom stereocenters. The quantitative estimate of drug-likeness (QED) is 0.0320. The average molecular weight is 1220 g/mol. The molecule has 0 aliphatic rings. The summed E-state index contributed by atoms with van der Waals surface area (Å²) in [7, 11) is 0. The van der Waals surface area contributed by atoms with Crippen molar-refractivity contribution in [1.29, 1.82) is 0 Å². The Labute approximate surface area is 544 Å². The van der Waals surface area contributed by atoms with E-state index in [-0.39, 0.29) is 18.5 Å². The highest BCUT2D eigenvalue weighted by Crippen LogP contribution is 2.19. The van der Waals surface area contributed by atoms with Crippen LogP contribution in [-0.4, -0.2) is 47.4 Å². The van der Waals surface area contributed by atoms with Crippen molar-refractivity contribution >= 4 is 11.9 Å². The molecule has 6 heteroatoms. The van der Waals surface area contributed by atoms with Crippen molar-refractivity contribution < 1.29 is 24.5 Å². The number of allylic oxidation sites excluding steroid dienone is 5. The van der Waals surface area contributed by atoms with E-state index in [9.17, 15) is 19.8 Å². The summed E-state index contributed by atoms with van der Waals surface area (Å²) in [5, 5.41) is 23.1. The number of hydrogen-bond donors (Lipinski definition) is 3. The number of unbranched alkanes of at least 4 members (excludes halogenated alkanes) is 60. The highest BCUT2D eigenvalue weighted by atomic mass is 16.5. The summed E-state index contributed by atoms with van der Waals surface area (Å²) in [6.07, 6.45) is 100.0. The van der Waals surface area contributed by atoms with Gasteiger partial charge >= 0.3 is 5.97 Å². The highest BCUT2D eigenvalue weighted by Gasteiger charge is 2.18. The first-order valence-electron chi connectivity index (χ1n) is 39.8. The molecule has 0 aliphatic heterocycles. The second-order valence-corrected chi connectivity index (χ2v) is 27.4. The Morgan fingerprint density at radius 1 is 0.310 bits per heavy atom. The molecule has 0 spiro atoms. The Balaban J connectivity index is 3.31. The zero-order valence-electron chi connectivity index (χ0n) is 59.0. The van der Waals surface area contributed by atoms with Gasteiger partial charge in [-0.2, -0.15) is 0 Å². The summed E-state index contributed by atoms with van der Waals surface area (Å²) >= 11 is 0. The molecule has 0 radical (unpaired) electrons. The Hall–Kier alpha value is -1.92. The van der Waals surface area contributed by atoms with Crippen molar-refractivity contribution in [2.75, 3.05) is 13.2 Å². The van der Waals surface area contributed by atoms with Gasteiger partial charge < -0.3 is 20.3 Å². The maximum Gasteiger partial charge on any atom is 0.305 e. The van der Waals surface area contributed by atoms with Gasteiger partial charge in [0.25, 0.3) is 0 Å². The van der Waals surface area contributed by atoms with E-state index < -0.39 is 12.1 Å². The minimum Gasteiger partial charge on any atom is -0.466 e. The summed E-state index contributed by atoms with van der Waals surface area (Å²) in [5.41, 5.74) is 0. The number of nitrogens with one attached hydrogen (secondary N) is 1. The van der Waals surface area contributed by atoms with Crippen LogP contribution in [0.1, 0.15) is 444 Å². The Kier molecular flexibility index (Phi) is 74.8. The minimum absolute atomic E-state index is 0.0200. The van der Waals surface area contributed by atoms with E-state index in [1.54, 1.807) is 6.08 Å². The standard InChI is InChI=1S/C81H155NO5/c1-3-5-7-9-11-13-15-17-18-19-44-47-51-55-59-63-67-71-75-81(86)87-76-72-68-64-60-56-52-48-45-42-40-38-36-34-32-30-28-26-24-22-20-21-23-25-27-29-31-33-35-37-39-41-43-46-50-54-58-62-66-70-74-80(85)82-78(77-83)79(84)73-69-65-61-57-53-49-16-14-12-10-8-6-4-2/h18-21,69,73,78-79,83-84H,3-17,22-68,70-72,74-77H2,1-2H3,(H,82,85)/b19-18-,21-20-,73-69+.